The summed E-state index contributed by atoms with van der Waals surface area (Å²) in [4.78, 5) is 13.6. The predicted molar refractivity (Wildman–Crippen MR) is 66.7 cm³/mol. The predicted octanol–water partition coefficient (Wildman–Crippen LogP) is 2.71. The molecule has 0 aromatic carbocycles. The van der Waals surface area contributed by atoms with Crippen molar-refractivity contribution in [2.75, 3.05) is 19.7 Å². The fraction of sp³-hybridized carbons (Fsp3) is 0.615. The highest BCUT2D eigenvalue weighted by Crippen LogP contribution is 2.17. The summed E-state index contributed by atoms with van der Waals surface area (Å²) in [6.07, 6.45) is 1.60. The molecule has 96 valence electrons. The first-order chi connectivity index (χ1) is 7.83. The van der Waals surface area contributed by atoms with Gasteiger partial charge >= 0.3 is 6.09 Å². The minimum atomic E-state index is -0.475. The van der Waals surface area contributed by atoms with E-state index in [-0.39, 0.29) is 6.09 Å². The van der Waals surface area contributed by atoms with Crippen LogP contribution in [0.5, 0.6) is 0 Å². The van der Waals surface area contributed by atoms with E-state index in [0.29, 0.717) is 25.5 Å². The van der Waals surface area contributed by atoms with E-state index in [1.807, 2.05) is 33.8 Å². The monoisotopic (exact) mass is 239 g/mol. The Morgan fingerprint density at radius 1 is 1.53 bits per heavy atom. The molecule has 1 rings (SSSR count). The van der Waals surface area contributed by atoms with Crippen LogP contribution in [0.1, 0.15) is 27.7 Å². The van der Waals surface area contributed by atoms with E-state index >= 15 is 0 Å². The molecule has 0 spiro atoms. The highest BCUT2D eigenvalue weighted by atomic mass is 16.6. The molecule has 1 heterocycles. The molecule has 0 unspecified atom stereocenters. The molecule has 1 saturated heterocycles. The number of amides is 1. The zero-order valence-electron chi connectivity index (χ0n) is 11.1. The van der Waals surface area contributed by atoms with Crippen molar-refractivity contribution in [1.82, 2.24) is 4.90 Å². The van der Waals surface area contributed by atoms with E-state index in [2.05, 4.69) is 6.58 Å². The van der Waals surface area contributed by atoms with Crippen LogP contribution in [0.3, 0.4) is 0 Å². The maximum atomic E-state index is 11.9. The molecule has 0 bridgehead atoms. The van der Waals surface area contributed by atoms with Crippen LogP contribution < -0.4 is 0 Å². The van der Waals surface area contributed by atoms with Crippen molar-refractivity contribution in [3.8, 4) is 0 Å². The number of hydrogen-bond donors (Lipinski definition) is 0. The van der Waals surface area contributed by atoms with E-state index in [0.717, 1.165) is 5.57 Å². The molecule has 1 aliphatic rings. The largest absolute Gasteiger partial charge is 0.492 e. The Kier molecular flexibility index (Phi) is 4.21. The van der Waals surface area contributed by atoms with Crippen LogP contribution in [0.2, 0.25) is 0 Å². The lowest BCUT2D eigenvalue weighted by molar-refractivity contribution is 0.0254. The van der Waals surface area contributed by atoms with Crippen molar-refractivity contribution in [2.45, 2.75) is 33.3 Å². The number of carbonyl (C=O) groups excluding carboxylic acids is 1. The van der Waals surface area contributed by atoms with Crippen LogP contribution in [0.4, 0.5) is 4.79 Å². The van der Waals surface area contributed by atoms with Crippen molar-refractivity contribution in [3.63, 3.8) is 0 Å². The molecule has 17 heavy (non-hydrogen) atoms. The van der Waals surface area contributed by atoms with Gasteiger partial charge in [-0.05, 0) is 27.7 Å². The number of hydrogen-bond acceptors (Lipinski definition) is 3. The lowest BCUT2D eigenvalue weighted by Gasteiger charge is -2.26. The van der Waals surface area contributed by atoms with Crippen molar-refractivity contribution >= 4 is 6.09 Å². The summed E-state index contributed by atoms with van der Waals surface area (Å²) in [5, 5.41) is 0. The average Bonchev–Trinajstić information content (AvgIpc) is 2.37. The fourth-order valence-corrected chi connectivity index (χ4v) is 1.48. The molecule has 1 fully saturated rings. The van der Waals surface area contributed by atoms with Crippen LogP contribution in [-0.2, 0) is 9.47 Å². The zero-order valence-corrected chi connectivity index (χ0v) is 11.1. The Hall–Kier alpha value is -1.45. The van der Waals surface area contributed by atoms with Gasteiger partial charge in [0.05, 0.1) is 13.1 Å². The minimum absolute atomic E-state index is 0.310. The first-order valence-corrected chi connectivity index (χ1v) is 5.78. The third-order valence-electron chi connectivity index (χ3n) is 2.36. The number of rotatable bonds is 0. The van der Waals surface area contributed by atoms with Gasteiger partial charge in [0.1, 0.15) is 18.0 Å². The van der Waals surface area contributed by atoms with E-state index in [9.17, 15) is 4.79 Å². The van der Waals surface area contributed by atoms with E-state index in [1.165, 1.54) is 0 Å². The summed E-state index contributed by atoms with van der Waals surface area (Å²) in [6, 6.07) is 0. The van der Waals surface area contributed by atoms with Gasteiger partial charge in [-0.2, -0.15) is 0 Å². The molecular weight excluding hydrogens is 218 g/mol. The zero-order chi connectivity index (χ0) is 13.1. The van der Waals surface area contributed by atoms with Crippen molar-refractivity contribution in [3.05, 3.63) is 24.0 Å². The second-order valence-corrected chi connectivity index (χ2v) is 4.99. The van der Waals surface area contributed by atoms with Gasteiger partial charge in [-0.15, -0.1) is 0 Å². The molecule has 1 aliphatic heterocycles. The maximum absolute atomic E-state index is 11.9. The third kappa shape index (κ3) is 4.13. The maximum Gasteiger partial charge on any atom is 0.410 e. The van der Waals surface area contributed by atoms with E-state index < -0.39 is 5.60 Å². The Morgan fingerprint density at radius 2 is 2.18 bits per heavy atom. The number of allylic oxidation sites excluding steroid dienone is 1. The smallest absolute Gasteiger partial charge is 0.410 e. The van der Waals surface area contributed by atoms with E-state index in [4.69, 9.17) is 9.47 Å². The molecule has 4 heteroatoms. The Balaban J connectivity index is 2.71. The number of nitrogens with zero attached hydrogens (tertiary/aromatic N) is 1. The Labute approximate surface area is 103 Å². The second-order valence-electron chi connectivity index (χ2n) is 4.99. The molecule has 0 aliphatic carbocycles. The number of ether oxygens (including phenoxy) is 2. The normalized spacial score (nSPS) is 19.9. The van der Waals surface area contributed by atoms with Crippen LogP contribution in [0.15, 0.2) is 24.0 Å². The molecule has 1 amide bonds. The van der Waals surface area contributed by atoms with Crippen molar-refractivity contribution in [1.29, 1.82) is 0 Å². The molecule has 0 aromatic rings. The van der Waals surface area contributed by atoms with Crippen molar-refractivity contribution in [2.24, 2.45) is 0 Å². The van der Waals surface area contributed by atoms with Gasteiger partial charge in [-0.25, -0.2) is 4.79 Å². The quantitative estimate of drug-likeness (QED) is 0.652. The van der Waals surface area contributed by atoms with Gasteiger partial charge in [0.25, 0.3) is 0 Å². The summed E-state index contributed by atoms with van der Waals surface area (Å²) in [7, 11) is 0. The first kappa shape index (κ1) is 13.6. The highest BCUT2D eigenvalue weighted by Gasteiger charge is 2.25. The lowest BCUT2D eigenvalue weighted by Crippen LogP contribution is -2.38. The van der Waals surface area contributed by atoms with Gasteiger partial charge in [0.15, 0.2) is 0 Å². The van der Waals surface area contributed by atoms with Gasteiger partial charge in [-0.3, -0.25) is 0 Å². The van der Waals surface area contributed by atoms with Crippen LogP contribution in [-0.4, -0.2) is 36.3 Å². The number of carbonyl (C=O) groups is 1. The molecule has 0 atom stereocenters. The van der Waals surface area contributed by atoms with Crippen LogP contribution >= 0.6 is 0 Å². The SMILES string of the molecule is C=C1OCCN(C(=O)OC(C)(C)C)C/C1=C/C. The van der Waals surface area contributed by atoms with E-state index in [1.54, 1.807) is 4.90 Å². The highest BCUT2D eigenvalue weighted by molar-refractivity contribution is 5.68. The fourth-order valence-electron chi connectivity index (χ4n) is 1.48. The van der Waals surface area contributed by atoms with Crippen molar-refractivity contribution < 1.29 is 14.3 Å². The summed E-state index contributed by atoms with van der Waals surface area (Å²) >= 11 is 0. The molecule has 0 aromatic heterocycles. The Morgan fingerprint density at radius 3 is 2.71 bits per heavy atom. The summed E-state index contributed by atoms with van der Waals surface area (Å²) < 4.78 is 10.7. The molecule has 0 radical (unpaired) electrons. The first-order valence-electron chi connectivity index (χ1n) is 5.78. The van der Waals surface area contributed by atoms with Crippen LogP contribution in [0.25, 0.3) is 0 Å². The second kappa shape index (κ2) is 5.25. The molecule has 4 nitrogen and oxygen atoms in total. The van der Waals surface area contributed by atoms with Gasteiger partial charge < -0.3 is 14.4 Å². The van der Waals surface area contributed by atoms with Gasteiger partial charge in [0, 0.05) is 5.57 Å². The Bertz CT molecular complexity index is 339. The topological polar surface area (TPSA) is 38.8 Å². The molecule has 0 saturated carbocycles. The summed E-state index contributed by atoms with van der Waals surface area (Å²) in [5.41, 5.74) is 0.450. The summed E-state index contributed by atoms with van der Waals surface area (Å²) in [6.45, 7) is 12.8. The molecular formula is C13H21NO3. The summed E-state index contributed by atoms with van der Waals surface area (Å²) in [5.74, 6) is 0.638. The average molecular weight is 239 g/mol. The lowest BCUT2D eigenvalue weighted by atomic mass is 10.2. The minimum Gasteiger partial charge on any atom is -0.492 e. The third-order valence-corrected chi connectivity index (χ3v) is 2.36. The standard InChI is InChI=1S/C13H21NO3/c1-6-11-9-14(7-8-16-10(11)2)12(15)17-13(3,4)5/h6H,2,7-9H2,1,3-5H3/b11-6-. The van der Waals surface area contributed by atoms with Crippen LogP contribution in [0, 0.1) is 0 Å². The van der Waals surface area contributed by atoms with Gasteiger partial charge in [0.2, 0.25) is 0 Å². The van der Waals surface area contributed by atoms with Gasteiger partial charge in [-0.1, -0.05) is 12.7 Å². The molecule has 0 N–H and O–H groups in total.